The molecule has 0 aliphatic heterocycles. The number of hydrogen-bond donors (Lipinski definition) is 1. The molecule has 1 amide bonds. The molecule has 150 valence electrons. The standard InChI is InChI=1S/C23H21N5O2/c1-14-10-17(4-5-20(14)19-6-8-24-15(2)11-19)13-25-23(30)22-26-21-12-18(16(3)29)7-9-28(21)27-22/h4-12H,13H2,1-3H3,(H,25,30). The molecule has 0 bridgehead atoms. The van der Waals surface area contributed by atoms with Crippen molar-refractivity contribution in [3.05, 3.63) is 83.1 Å². The minimum atomic E-state index is -0.366. The summed E-state index contributed by atoms with van der Waals surface area (Å²) in [6.45, 7) is 5.87. The second-order valence-electron chi connectivity index (χ2n) is 7.23. The van der Waals surface area contributed by atoms with Crippen molar-refractivity contribution in [2.75, 3.05) is 0 Å². The Balaban J connectivity index is 1.48. The number of ketones is 1. The lowest BCUT2D eigenvalue weighted by molar-refractivity contribution is 0.0940. The van der Waals surface area contributed by atoms with E-state index in [2.05, 4.69) is 38.6 Å². The first-order valence-corrected chi connectivity index (χ1v) is 9.59. The molecule has 7 heteroatoms. The van der Waals surface area contributed by atoms with Gasteiger partial charge < -0.3 is 5.32 Å². The average Bonchev–Trinajstić information content (AvgIpc) is 3.15. The highest BCUT2D eigenvalue weighted by atomic mass is 16.2. The van der Waals surface area contributed by atoms with Crippen LogP contribution in [0.2, 0.25) is 0 Å². The monoisotopic (exact) mass is 399 g/mol. The van der Waals surface area contributed by atoms with Gasteiger partial charge in [0.15, 0.2) is 11.4 Å². The van der Waals surface area contributed by atoms with Crippen LogP contribution in [0, 0.1) is 13.8 Å². The maximum absolute atomic E-state index is 12.5. The average molecular weight is 399 g/mol. The van der Waals surface area contributed by atoms with Gasteiger partial charge in [0.2, 0.25) is 5.82 Å². The van der Waals surface area contributed by atoms with Crippen LogP contribution in [0.25, 0.3) is 16.8 Å². The van der Waals surface area contributed by atoms with Crippen LogP contribution in [0.3, 0.4) is 0 Å². The molecule has 4 aromatic rings. The van der Waals surface area contributed by atoms with Gasteiger partial charge in [-0.3, -0.25) is 14.6 Å². The van der Waals surface area contributed by atoms with Gasteiger partial charge in [0.05, 0.1) is 0 Å². The summed E-state index contributed by atoms with van der Waals surface area (Å²) in [5.74, 6) is -0.363. The number of carbonyl (C=O) groups excluding carboxylic acids is 2. The van der Waals surface area contributed by atoms with Crippen molar-refractivity contribution < 1.29 is 9.59 Å². The van der Waals surface area contributed by atoms with E-state index in [1.807, 2.05) is 26.0 Å². The number of fused-ring (bicyclic) bond motifs is 1. The van der Waals surface area contributed by atoms with Crippen LogP contribution < -0.4 is 5.32 Å². The van der Waals surface area contributed by atoms with E-state index >= 15 is 0 Å². The van der Waals surface area contributed by atoms with Gasteiger partial charge in [-0.15, -0.1) is 5.10 Å². The first-order chi connectivity index (χ1) is 14.4. The molecule has 0 unspecified atom stereocenters. The number of carbonyl (C=O) groups is 2. The number of benzene rings is 1. The van der Waals surface area contributed by atoms with Crippen LogP contribution in [0.15, 0.2) is 54.9 Å². The van der Waals surface area contributed by atoms with E-state index < -0.39 is 0 Å². The highest BCUT2D eigenvalue weighted by Gasteiger charge is 2.14. The summed E-state index contributed by atoms with van der Waals surface area (Å²) in [5.41, 5.74) is 6.32. The summed E-state index contributed by atoms with van der Waals surface area (Å²) in [5, 5.41) is 7.04. The summed E-state index contributed by atoms with van der Waals surface area (Å²) in [4.78, 5) is 32.5. The zero-order chi connectivity index (χ0) is 21.3. The maximum Gasteiger partial charge on any atom is 0.291 e. The summed E-state index contributed by atoms with van der Waals surface area (Å²) < 4.78 is 1.48. The van der Waals surface area contributed by atoms with Crippen molar-refractivity contribution in [1.29, 1.82) is 0 Å². The Hall–Kier alpha value is -3.87. The highest BCUT2D eigenvalue weighted by molar-refractivity contribution is 5.95. The Morgan fingerprint density at radius 1 is 1.07 bits per heavy atom. The van der Waals surface area contributed by atoms with E-state index in [1.165, 1.54) is 11.4 Å². The summed E-state index contributed by atoms with van der Waals surface area (Å²) in [6.07, 6.45) is 3.43. The predicted octanol–water partition coefficient (Wildman–Crippen LogP) is 3.54. The molecule has 0 aliphatic rings. The molecular formula is C23H21N5O2. The van der Waals surface area contributed by atoms with E-state index in [9.17, 15) is 9.59 Å². The van der Waals surface area contributed by atoms with Crippen molar-refractivity contribution in [2.45, 2.75) is 27.3 Å². The first kappa shape index (κ1) is 19.4. The number of hydrogen-bond acceptors (Lipinski definition) is 5. The zero-order valence-corrected chi connectivity index (χ0v) is 17.0. The summed E-state index contributed by atoms with van der Waals surface area (Å²) >= 11 is 0. The van der Waals surface area contributed by atoms with Gasteiger partial charge in [-0.05, 0) is 67.3 Å². The molecule has 4 rings (SSSR count). The molecule has 1 N–H and O–H groups in total. The van der Waals surface area contributed by atoms with E-state index in [4.69, 9.17) is 0 Å². The fourth-order valence-electron chi connectivity index (χ4n) is 3.33. The number of rotatable bonds is 5. The second kappa shape index (κ2) is 7.87. The quantitative estimate of drug-likeness (QED) is 0.519. The normalized spacial score (nSPS) is 10.9. The van der Waals surface area contributed by atoms with E-state index in [0.717, 1.165) is 27.9 Å². The number of pyridine rings is 2. The molecule has 7 nitrogen and oxygen atoms in total. The molecule has 0 aliphatic carbocycles. The topological polar surface area (TPSA) is 89.3 Å². The van der Waals surface area contributed by atoms with Crippen molar-refractivity contribution in [3.8, 4) is 11.1 Å². The number of amides is 1. The minimum Gasteiger partial charge on any atom is -0.345 e. The molecule has 0 radical (unpaired) electrons. The molecule has 30 heavy (non-hydrogen) atoms. The number of aromatic nitrogens is 4. The van der Waals surface area contributed by atoms with Crippen molar-refractivity contribution >= 4 is 17.3 Å². The summed E-state index contributed by atoms with van der Waals surface area (Å²) in [6, 6.07) is 13.4. The third kappa shape index (κ3) is 3.96. The van der Waals surface area contributed by atoms with Gasteiger partial charge in [0.25, 0.3) is 5.91 Å². The van der Waals surface area contributed by atoms with Gasteiger partial charge in [-0.2, -0.15) is 0 Å². The Bertz CT molecular complexity index is 1280. The molecule has 0 spiro atoms. The smallest absolute Gasteiger partial charge is 0.291 e. The van der Waals surface area contributed by atoms with Crippen LogP contribution >= 0.6 is 0 Å². The lowest BCUT2D eigenvalue weighted by atomic mass is 9.98. The van der Waals surface area contributed by atoms with Crippen molar-refractivity contribution in [1.82, 2.24) is 24.9 Å². The first-order valence-electron chi connectivity index (χ1n) is 9.59. The van der Waals surface area contributed by atoms with Gasteiger partial charge in [-0.25, -0.2) is 9.50 Å². The number of nitrogens with one attached hydrogen (secondary N) is 1. The summed E-state index contributed by atoms with van der Waals surface area (Å²) in [7, 11) is 0. The SMILES string of the molecule is CC(=O)c1ccn2nc(C(=O)NCc3ccc(-c4ccnc(C)c4)c(C)c3)nc2c1. The molecular weight excluding hydrogens is 378 g/mol. The lowest BCUT2D eigenvalue weighted by Gasteiger charge is -2.10. The Morgan fingerprint density at radius 2 is 1.90 bits per heavy atom. The van der Waals surface area contributed by atoms with Gasteiger partial charge >= 0.3 is 0 Å². The van der Waals surface area contributed by atoms with Crippen LogP contribution in [0.4, 0.5) is 0 Å². The number of Topliss-reactive ketones (excluding diaryl/α,β-unsaturated/α-hetero) is 1. The van der Waals surface area contributed by atoms with E-state index in [1.54, 1.807) is 24.5 Å². The Kier molecular flexibility index (Phi) is 5.10. The van der Waals surface area contributed by atoms with Gasteiger partial charge in [0, 0.05) is 30.2 Å². The lowest BCUT2D eigenvalue weighted by Crippen LogP contribution is -2.24. The van der Waals surface area contributed by atoms with Crippen LogP contribution in [0.1, 0.15) is 44.7 Å². The van der Waals surface area contributed by atoms with Gasteiger partial charge in [0.1, 0.15) is 0 Å². The molecule has 3 aromatic heterocycles. The van der Waals surface area contributed by atoms with Crippen LogP contribution in [-0.2, 0) is 6.54 Å². The fourth-order valence-corrected chi connectivity index (χ4v) is 3.33. The molecule has 0 saturated carbocycles. The Morgan fingerprint density at radius 3 is 2.63 bits per heavy atom. The van der Waals surface area contributed by atoms with Gasteiger partial charge in [-0.1, -0.05) is 18.2 Å². The molecule has 3 heterocycles. The van der Waals surface area contributed by atoms with Crippen molar-refractivity contribution in [3.63, 3.8) is 0 Å². The van der Waals surface area contributed by atoms with E-state index in [0.29, 0.717) is 17.8 Å². The molecule has 0 saturated heterocycles. The minimum absolute atomic E-state index is 0.0627. The predicted molar refractivity (Wildman–Crippen MR) is 113 cm³/mol. The highest BCUT2D eigenvalue weighted by Crippen LogP contribution is 2.24. The Labute approximate surface area is 173 Å². The molecule has 0 fully saturated rings. The van der Waals surface area contributed by atoms with E-state index in [-0.39, 0.29) is 17.5 Å². The third-order valence-electron chi connectivity index (χ3n) is 4.90. The zero-order valence-electron chi connectivity index (χ0n) is 17.0. The van der Waals surface area contributed by atoms with Crippen LogP contribution in [0.5, 0.6) is 0 Å². The fraction of sp³-hybridized carbons (Fsp3) is 0.174. The third-order valence-corrected chi connectivity index (χ3v) is 4.90. The number of aryl methyl sites for hydroxylation is 2. The largest absolute Gasteiger partial charge is 0.345 e. The molecule has 0 atom stereocenters. The van der Waals surface area contributed by atoms with Crippen molar-refractivity contribution in [2.24, 2.45) is 0 Å². The second-order valence-corrected chi connectivity index (χ2v) is 7.23. The number of nitrogens with zero attached hydrogens (tertiary/aromatic N) is 4. The molecule has 1 aromatic carbocycles. The maximum atomic E-state index is 12.5. The van der Waals surface area contributed by atoms with Crippen LogP contribution in [-0.4, -0.2) is 31.3 Å².